The molecule has 0 atom stereocenters. The minimum absolute atomic E-state index is 0.607. The van der Waals surface area contributed by atoms with Gasteiger partial charge in [0.15, 0.2) is 17.5 Å². The Balaban J connectivity index is 1.12. The van der Waals surface area contributed by atoms with Gasteiger partial charge in [-0.1, -0.05) is 152 Å². The molecule has 0 saturated heterocycles. The van der Waals surface area contributed by atoms with Gasteiger partial charge in [-0.05, 0) is 76.9 Å². The highest BCUT2D eigenvalue weighted by Crippen LogP contribution is 2.48. The van der Waals surface area contributed by atoms with E-state index in [4.69, 9.17) is 19.9 Å². The summed E-state index contributed by atoms with van der Waals surface area (Å²) in [7, 11) is 0. The van der Waals surface area contributed by atoms with Crippen LogP contribution in [0, 0.1) is 0 Å². The molecule has 2 aromatic heterocycles. The monoisotopic (exact) mass is 742 g/mol. The Hall–Kier alpha value is -7.96. The quantitative estimate of drug-likeness (QED) is 0.170. The Kier molecular flexibility index (Phi) is 8.04. The predicted octanol–water partition coefficient (Wildman–Crippen LogP) is 13.0. The van der Waals surface area contributed by atoms with Crippen LogP contribution in [-0.2, 0) is 0 Å². The fourth-order valence-corrected chi connectivity index (χ4v) is 8.04. The van der Waals surface area contributed by atoms with Gasteiger partial charge in [0.1, 0.15) is 0 Å². The molecule has 8 aromatic carbocycles. The van der Waals surface area contributed by atoms with E-state index in [2.05, 4.69) is 149 Å². The summed E-state index contributed by atoms with van der Waals surface area (Å²) in [5.74, 6) is 2.70. The van der Waals surface area contributed by atoms with E-state index < -0.39 is 0 Å². The third kappa shape index (κ3) is 5.83. The zero-order chi connectivity index (χ0) is 38.4. The van der Waals surface area contributed by atoms with Gasteiger partial charge in [0.2, 0.25) is 5.95 Å². The zero-order valence-electron chi connectivity index (χ0n) is 31.3. The first kappa shape index (κ1) is 33.4. The number of aromatic nitrogens is 5. The fourth-order valence-electron chi connectivity index (χ4n) is 8.04. The van der Waals surface area contributed by atoms with Crippen LogP contribution in [0.2, 0.25) is 0 Å². The molecule has 272 valence electrons. The number of rotatable bonds is 6. The van der Waals surface area contributed by atoms with E-state index in [0.29, 0.717) is 17.5 Å². The van der Waals surface area contributed by atoms with Crippen molar-refractivity contribution in [3.63, 3.8) is 0 Å². The van der Waals surface area contributed by atoms with Gasteiger partial charge in [-0.3, -0.25) is 9.47 Å². The molecule has 58 heavy (non-hydrogen) atoms. The van der Waals surface area contributed by atoms with Crippen molar-refractivity contribution in [1.29, 1.82) is 0 Å². The van der Waals surface area contributed by atoms with Gasteiger partial charge in [0.25, 0.3) is 0 Å². The van der Waals surface area contributed by atoms with Gasteiger partial charge in [-0.25, -0.2) is 19.9 Å². The largest absolute Gasteiger partial charge is 0.280 e. The zero-order valence-corrected chi connectivity index (χ0v) is 31.3. The Labute approximate surface area is 336 Å². The van der Waals surface area contributed by atoms with E-state index in [1.54, 1.807) is 0 Å². The molecule has 1 aliphatic rings. The van der Waals surface area contributed by atoms with Crippen molar-refractivity contribution in [1.82, 2.24) is 24.5 Å². The number of para-hydroxylation sites is 4. The molecule has 0 fully saturated rings. The summed E-state index contributed by atoms with van der Waals surface area (Å²) < 4.78 is 2.29. The van der Waals surface area contributed by atoms with Crippen molar-refractivity contribution < 1.29 is 0 Å². The summed E-state index contributed by atoms with van der Waals surface area (Å²) in [6.07, 6.45) is 0. The van der Waals surface area contributed by atoms with Gasteiger partial charge in [-0.15, -0.1) is 0 Å². The molecule has 0 bridgehead atoms. The predicted molar refractivity (Wildman–Crippen MR) is 235 cm³/mol. The minimum Gasteiger partial charge on any atom is -0.280 e. The van der Waals surface area contributed by atoms with Gasteiger partial charge in [-0.2, -0.15) is 0 Å². The van der Waals surface area contributed by atoms with Gasteiger partial charge in [0, 0.05) is 33.5 Å². The first-order chi connectivity index (χ1) is 28.7. The Morgan fingerprint density at radius 3 is 1.47 bits per heavy atom. The van der Waals surface area contributed by atoms with E-state index in [1.807, 2.05) is 66.7 Å². The molecule has 0 N–H and O–H groups in total. The van der Waals surface area contributed by atoms with Crippen LogP contribution >= 0.6 is 0 Å². The molecule has 0 saturated carbocycles. The lowest BCUT2D eigenvalue weighted by Crippen LogP contribution is -2.14. The lowest BCUT2D eigenvalue weighted by molar-refractivity contribution is 1.05. The summed E-state index contributed by atoms with van der Waals surface area (Å²) in [4.78, 5) is 22.8. The van der Waals surface area contributed by atoms with Crippen LogP contribution in [0.3, 0.4) is 0 Å². The highest BCUT2D eigenvalue weighted by atomic mass is 15.3. The van der Waals surface area contributed by atoms with E-state index in [0.717, 1.165) is 84.1 Å². The fraction of sp³-hybridized carbons (Fsp3) is 0. The molecule has 1 aliphatic heterocycles. The maximum Gasteiger partial charge on any atom is 0.220 e. The number of hydrogen-bond donors (Lipinski definition) is 0. The van der Waals surface area contributed by atoms with Gasteiger partial charge < -0.3 is 0 Å². The average molecular weight is 743 g/mol. The van der Waals surface area contributed by atoms with Crippen LogP contribution in [0.25, 0.3) is 84.3 Å². The molecule has 0 amide bonds. The second-order valence-corrected chi connectivity index (χ2v) is 14.4. The average Bonchev–Trinajstić information content (AvgIpc) is 3.63. The van der Waals surface area contributed by atoms with E-state index in [9.17, 15) is 0 Å². The summed E-state index contributed by atoms with van der Waals surface area (Å²) in [6.45, 7) is 0. The standard InChI is InChI=1S/C52H34N6/c1-4-17-35(18-5-1)39-31-40(33-41(32-39)51-55-49(36-19-6-2-7-20-36)54-50(56-51)37-21-8-3-9-22-37)38-23-16-24-42(34-38)57-46-28-13-10-25-43(46)44-26-11-14-29-47(44)58-48-30-15-12-27-45(48)53-52(57)58/h1-34H. The van der Waals surface area contributed by atoms with Gasteiger partial charge in [0.05, 0.1) is 22.4 Å². The molecule has 0 spiro atoms. The van der Waals surface area contributed by atoms with Gasteiger partial charge >= 0.3 is 0 Å². The minimum atomic E-state index is 0.607. The Bertz CT molecular complexity index is 3060. The molecule has 0 unspecified atom stereocenters. The van der Waals surface area contributed by atoms with Crippen LogP contribution in [0.4, 0.5) is 17.3 Å². The van der Waals surface area contributed by atoms with Crippen molar-refractivity contribution >= 4 is 28.4 Å². The third-order valence-corrected chi connectivity index (χ3v) is 10.8. The smallest absolute Gasteiger partial charge is 0.220 e. The molecule has 0 radical (unpaired) electrons. The van der Waals surface area contributed by atoms with E-state index in [1.165, 1.54) is 0 Å². The summed E-state index contributed by atoms with van der Waals surface area (Å²) in [5, 5.41) is 0. The van der Waals surface area contributed by atoms with Crippen molar-refractivity contribution in [2.45, 2.75) is 0 Å². The Morgan fingerprint density at radius 1 is 0.310 bits per heavy atom. The molecule has 11 rings (SSSR count). The topological polar surface area (TPSA) is 59.7 Å². The van der Waals surface area contributed by atoms with Crippen LogP contribution < -0.4 is 4.90 Å². The number of anilines is 3. The summed E-state index contributed by atoms with van der Waals surface area (Å²) >= 11 is 0. The number of nitrogens with zero attached hydrogens (tertiary/aromatic N) is 6. The van der Waals surface area contributed by atoms with Crippen LogP contribution in [0.1, 0.15) is 0 Å². The SMILES string of the molecule is c1ccc(-c2cc(-c3cccc(N4c5ccccc5-c5ccccc5-n5c4nc4ccccc45)c3)cc(-c3nc(-c4ccccc4)nc(-c4ccccc4)n3)c2)cc1. The van der Waals surface area contributed by atoms with Crippen LogP contribution in [-0.4, -0.2) is 24.5 Å². The second-order valence-electron chi connectivity index (χ2n) is 14.4. The lowest BCUT2D eigenvalue weighted by atomic mass is 9.95. The lowest BCUT2D eigenvalue weighted by Gasteiger charge is -2.25. The molecule has 0 aliphatic carbocycles. The van der Waals surface area contributed by atoms with Crippen molar-refractivity contribution in [2.75, 3.05) is 4.90 Å². The van der Waals surface area contributed by atoms with Crippen LogP contribution in [0.15, 0.2) is 206 Å². The highest BCUT2D eigenvalue weighted by Gasteiger charge is 2.29. The summed E-state index contributed by atoms with van der Waals surface area (Å²) in [5.41, 5.74) is 14.5. The first-order valence-electron chi connectivity index (χ1n) is 19.4. The number of hydrogen-bond acceptors (Lipinski definition) is 5. The maximum absolute atomic E-state index is 5.31. The normalized spacial score (nSPS) is 11.8. The molecule has 6 nitrogen and oxygen atoms in total. The first-order valence-corrected chi connectivity index (χ1v) is 19.4. The number of fused-ring (bicyclic) bond motifs is 7. The Morgan fingerprint density at radius 2 is 0.793 bits per heavy atom. The second kappa shape index (κ2) is 14.0. The number of benzene rings is 8. The van der Waals surface area contributed by atoms with E-state index in [-0.39, 0.29) is 0 Å². The van der Waals surface area contributed by atoms with E-state index >= 15 is 0 Å². The molecule has 10 aromatic rings. The van der Waals surface area contributed by atoms with Crippen molar-refractivity contribution in [3.05, 3.63) is 206 Å². The summed E-state index contributed by atoms with van der Waals surface area (Å²) in [6, 6.07) is 71.7. The molecule has 6 heteroatoms. The van der Waals surface area contributed by atoms with Crippen molar-refractivity contribution in [3.8, 4) is 73.2 Å². The third-order valence-electron chi connectivity index (χ3n) is 10.8. The molecule has 3 heterocycles. The highest BCUT2D eigenvalue weighted by molar-refractivity contribution is 5.97. The number of imidazole rings is 1. The maximum atomic E-state index is 5.31. The molecular formula is C52H34N6. The molecular weight excluding hydrogens is 709 g/mol. The van der Waals surface area contributed by atoms with Crippen LogP contribution in [0.5, 0.6) is 0 Å². The van der Waals surface area contributed by atoms with Crippen molar-refractivity contribution in [2.24, 2.45) is 0 Å².